The number of aryl methyl sites for hydroxylation is 1. The van der Waals surface area contributed by atoms with E-state index in [0.29, 0.717) is 0 Å². The summed E-state index contributed by atoms with van der Waals surface area (Å²) in [6.07, 6.45) is 5.71. The molecule has 1 aromatic rings. The first-order chi connectivity index (χ1) is 12.2. The highest BCUT2D eigenvalue weighted by Crippen LogP contribution is 2.18. The molecule has 0 bridgehead atoms. The van der Waals surface area contributed by atoms with Crippen molar-refractivity contribution in [3.05, 3.63) is 29.8 Å². The third-order valence-electron chi connectivity index (χ3n) is 4.85. The number of halogens is 1. The molecule has 0 atom stereocenters. The summed E-state index contributed by atoms with van der Waals surface area (Å²) >= 11 is 0. The molecule has 0 aliphatic carbocycles. The summed E-state index contributed by atoms with van der Waals surface area (Å²) in [5.74, 6) is 2.70. The number of hydrogen-bond donors (Lipinski definition) is 1. The zero-order valence-corrected chi connectivity index (χ0v) is 18.7. The third kappa shape index (κ3) is 8.12. The van der Waals surface area contributed by atoms with Crippen molar-refractivity contribution in [3.63, 3.8) is 0 Å². The first-order valence-electron chi connectivity index (χ1n) is 9.35. The van der Waals surface area contributed by atoms with E-state index in [4.69, 9.17) is 9.47 Å². The molecule has 1 N–H and O–H groups in total. The number of nitrogens with one attached hydrogen (secondary N) is 1. The van der Waals surface area contributed by atoms with Gasteiger partial charge < -0.3 is 19.7 Å². The summed E-state index contributed by atoms with van der Waals surface area (Å²) in [6, 6.07) is 8.29. The highest BCUT2D eigenvalue weighted by molar-refractivity contribution is 14.0. The van der Waals surface area contributed by atoms with Crippen LogP contribution in [0.25, 0.3) is 0 Å². The lowest BCUT2D eigenvalue weighted by Crippen LogP contribution is -2.40. The van der Waals surface area contributed by atoms with E-state index >= 15 is 0 Å². The topological polar surface area (TPSA) is 46.1 Å². The quantitative estimate of drug-likeness (QED) is 0.270. The Bertz CT molecular complexity index is 534. The van der Waals surface area contributed by atoms with Crippen LogP contribution in [0.3, 0.4) is 0 Å². The Morgan fingerprint density at radius 3 is 2.81 bits per heavy atom. The Kier molecular flexibility index (Phi) is 11.7. The number of aliphatic imine (C=N–C) groups is 1. The van der Waals surface area contributed by atoms with Crippen molar-refractivity contribution in [2.45, 2.75) is 32.1 Å². The van der Waals surface area contributed by atoms with Gasteiger partial charge in [-0.15, -0.1) is 24.0 Å². The van der Waals surface area contributed by atoms with Gasteiger partial charge in [-0.1, -0.05) is 12.1 Å². The molecule has 1 heterocycles. The average molecular weight is 475 g/mol. The number of hydrogen-bond acceptors (Lipinski definition) is 3. The van der Waals surface area contributed by atoms with Crippen LogP contribution < -0.4 is 10.1 Å². The van der Waals surface area contributed by atoms with Gasteiger partial charge in [0.15, 0.2) is 5.96 Å². The monoisotopic (exact) mass is 475 g/mol. The Labute approximate surface area is 175 Å². The molecule has 1 aliphatic rings. The molecular weight excluding hydrogens is 441 g/mol. The van der Waals surface area contributed by atoms with E-state index in [1.807, 2.05) is 19.2 Å². The highest BCUT2D eigenvalue weighted by Gasteiger charge is 2.15. The van der Waals surface area contributed by atoms with Crippen molar-refractivity contribution in [1.82, 2.24) is 10.2 Å². The molecular formula is C20H34IN3O2. The van der Waals surface area contributed by atoms with E-state index in [2.05, 4.69) is 34.4 Å². The number of benzene rings is 1. The lowest BCUT2D eigenvalue weighted by atomic mass is 9.96. The van der Waals surface area contributed by atoms with Gasteiger partial charge in [-0.3, -0.25) is 4.99 Å². The fourth-order valence-electron chi connectivity index (χ4n) is 3.22. The van der Waals surface area contributed by atoms with Crippen LogP contribution in [0.5, 0.6) is 5.75 Å². The molecule has 1 saturated heterocycles. The van der Waals surface area contributed by atoms with E-state index < -0.39 is 0 Å². The van der Waals surface area contributed by atoms with Gasteiger partial charge in [-0.2, -0.15) is 0 Å². The molecule has 2 rings (SSSR count). The maximum atomic E-state index is 5.43. The summed E-state index contributed by atoms with van der Waals surface area (Å²) in [4.78, 5) is 6.65. The van der Waals surface area contributed by atoms with Crippen LogP contribution in [0.1, 0.15) is 31.2 Å². The third-order valence-corrected chi connectivity index (χ3v) is 4.85. The van der Waals surface area contributed by atoms with Crippen LogP contribution in [0, 0.1) is 5.92 Å². The van der Waals surface area contributed by atoms with Crippen molar-refractivity contribution in [2.24, 2.45) is 10.9 Å². The van der Waals surface area contributed by atoms with Gasteiger partial charge in [0.2, 0.25) is 0 Å². The SMILES string of the molecule is CN=C(NCCCc1cccc(OC)c1)N(C)CCC1CCOCC1.I. The number of rotatable bonds is 8. The van der Waals surface area contributed by atoms with E-state index in [9.17, 15) is 0 Å². The number of nitrogens with zero attached hydrogens (tertiary/aromatic N) is 2. The predicted octanol–water partition coefficient (Wildman–Crippen LogP) is 3.57. The average Bonchev–Trinajstić information content (AvgIpc) is 2.67. The van der Waals surface area contributed by atoms with Gasteiger partial charge in [-0.25, -0.2) is 0 Å². The minimum Gasteiger partial charge on any atom is -0.497 e. The van der Waals surface area contributed by atoms with Crippen molar-refractivity contribution < 1.29 is 9.47 Å². The molecule has 1 fully saturated rings. The number of ether oxygens (including phenoxy) is 2. The summed E-state index contributed by atoms with van der Waals surface area (Å²) in [5, 5.41) is 3.48. The van der Waals surface area contributed by atoms with Crippen molar-refractivity contribution in [2.75, 3.05) is 47.5 Å². The Balaban J connectivity index is 0.00000338. The first-order valence-corrected chi connectivity index (χ1v) is 9.35. The molecule has 0 spiro atoms. The van der Waals surface area contributed by atoms with Crippen LogP contribution in [-0.4, -0.2) is 58.4 Å². The van der Waals surface area contributed by atoms with Crippen LogP contribution in [0.15, 0.2) is 29.3 Å². The molecule has 0 radical (unpaired) electrons. The van der Waals surface area contributed by atoms with E-state index in [1.165, 1.54) is 24.8 Å². The summed E-state index contributed by atoms with van der Waals surface area (Å²) in [6.45, 7) is 3.81. The lowest BCUT2D eigenvalue weighted by Gasteiger charge is -2.26. The Hall–Kier alpha value is -1.02. The molecule has 1 aromatic carbocycles. The van der Waals surface area contributed by atoms with Crippen LogP contribution in [-0.2, 0) is 11.2 Å². The van der Waals surface area contributed by atoms with E-state index in [0.717, 1.165) is 56.8 Å². The summed E-state index contributed by atoms with van der Waals surface area (Å²) in [7, 11) is 5.69. The highest BCUT2D eigenvalue weighted by atomic mass is 127. The molecule has 26 heavy (non-hydrogen) atoms. The zero-order chi connectivity index (χ0) is 17.9. The minimum absolute atomic E-state index is 0. The summed E-state index contributed by atoms with van der Waals surface area (Å²) < 4.78 is 10.7. The van der Waals surface area contributed by atoms with Crippen LogP contribution in [0.2, 0.25) is 0 Å². The second-order valence-electron chi connectivity index (χ2n) is 6.70. The lowest BCUT2D eigenvalue weighted by molar-refractivity contribution is 0.0625. The second-order valence-corrected chi connectivity index (χ2v) is 6.70. The maximum Gasteiger partial charge on any atom is 0.193 e. The van der Waals surface area contributed by atoms with Gasteiger partial charge in [0.25, 0.3) is 0 Å². The van der Waals surface area contributed by atoms with E-state index in [-0.39, 0.29) is 24.0 Å². The number of methoxy groups -OCH3 is 1. The fourth-order valence-corrected chi connectivity index (χ4v) is 3.22. The first kappa shape index (κ1) is 23.0. The molecule has 0 aromatic heterocycles. The standard InChI is InChI=1S/C20H33N3O2.HI/c1-21-20(23(2)13-9-17-10-14-25-15-11-17)22-12-5-7-18-6-4-8-19(16-18)24-3;/h4,6,8,16-17H,5,7,9-15H2,1-3H3,(H,21,22);1H. The molecule has 148 valence electrons. The van der Waals surface area contributed by atoms with Gasteiger partial charge in [-0.05, 0) is 55.7 Å². The summed E-state index contributed by atoms with van der Waals surface area (Å²) in [5.41, 5.74) is 1.31. The molecule has 0 amide bonds. The second kappa shape index (κ2) is 13.2. The minimum atomic E-state index is 0. The Morgan fingerprint density at radius 2 is 2.12 bits per heavy atom. The van der Waals surface area contributed by atoms with E-state index in [1.54, 1.807) is 7.11 Å². The maximum absolute atomic E-state index is 5.43. The molecule has 0 saturated carbocycles. The van der Waals surface area contributed by atoms with Crippen molar-refractivity contribution in [1.29, 1.82) is 0 Å². The van der Waals surface area contributed by atoms with Gasteiger partial charge >= 0.3 is 0 Å². The number of guanidine groups is 1. The largest absolute Gasteiger partial charge is 0.497 e. The van der Waals surface area contributed by atoms with Gasteiger partial charge in [0, 0.05) is 40.4 Å². The smallest absolute Gasteiger partial charge is 0.193 e. The molecule has 0 unspecified atom stereocenters. The van der Waals surface area contributed by atoms with Gasteiger partial charge in [0.05, 0.1) is 7.11 Å². The van der Waals surface area contributed by atoms with Gasteiger partial charge in [0.1, 0.15) is 5.75 Å². The molecule has 5 nitrogen and oxygen atoms in total. The van der Waals surface area contributed by atoms with Crippen molar-refractivity contribution in [3.8, 4) is 5.75 Å². The molecule has 6 heteroatoms. The normalized spacial score (nSPS) is 15.3. The van der Waals surface area contributed by atoms with Crippen LogP contribution in [0.4, 0.5) is 0 Å². The zero-order valence-electron chi connectivity index (χ0n) is 16.4. The van der Waals surface area contributed by atoms with Crippen LogP contribution >= 0.6 is 24.0 Å². The predicted molar refractivity (Wildman–Crippen MR) is 119 cm³/mol. The Morgan fingerprint density at radius 1 is 1.35 bits per heavy atom. The fraction of sp³-hybridized carbons (Fsp3) is 0.650. The van der Waals surface area contributed by atoms with Crippen molar-refractivity contribution >= 4 is 29.9 Å². The molecule has 1 aliphatic heterocycles.